The van der Waals surface area contributed by atoms with E-state index in [9.17, 15) is 4.79 Å². The Kier molecular flexibility index (Phi) is 6.70. The standard InChI is InChI=1S/C17H21ClN4O2.ClH/c1-24-15-4-3-13(11-14(15)18)12-20-16(23)17(5-8-19-9-6-17)22-10-2-7-21-22;/h2-4,7,10-11,19H,5-6,8-9,12H2,1H3,(H,20,23);1H. The predicted molar refractivity (Wildman–Crippen MR) is 99.4 cm³/mol. The zero-order valence-electron chi connectivity index (χ0n) is 14.0. The van der Waals surface area contributed by atoms with Gasteiger partial charge in [-0.2, -0.15) is 5.10 Å². The average Bonchev–Trinajstić information content (AvgIpc) is 3.15. The number of methoxy groups -OCH3 is 1. The van der Waals surface area contributed by atoms with Crippen LogP contribution in [-0.2, 0) is 16.9 Å². The van der Waals surface area contributed by atoms with E-state index < -0.39 is 5.54 Å². The molecule has 3 rings (SSSR count). The Hall–Kier alpha value is -1.76. The molecule has 2 aromatic rings. The molecule has 25 heavy (non-hydrogen) atoms. The van der Waals surface area contributed by atoms with Crippen molar-refractivity contribution in [2.45, 2.75) is 24.9 Å². The second kappa shape index (κ2) is 8.56. The summed E-state index contributed by atoms with van der Waals surface area (Å²) >= 11 is 6.14. The topological polar surface area (TPSA) is 68.2 Å². The molecular formula is C17H22Cl2N4O2. The fourth-order valence-electron chi connectivity index (χ4n) is 3.09. The molecule has 0 spiro atoms. The molecule has 1 aliphatic heterocycles. The molecule has 1 aliphatic rings. The first-order valence-electron chi connectivity index (χ1n) is 7.97. The zero-order chi connectivity index (χ0) is 17.0. The Labute approximate surface area is 158 Å². The van der Waals surface area contributed by atoms with Crippen LogP contribution in [-0.4, -0.2) is 35.9 Å². The normalized spacial score (nSPS) is 15.9. The molecule has 2 heterocycles. The number of piperidine rings is 1. The van der Waals surface area contributed by atoms with E-state index in [4.69, 9.17) is 16.3 Å². The molecule has 8 heteroatoms. The lowest BCUT2D eigenvalue weighted by Crippen LogP contribution is -2.54. The minimum atomic E-state index is -0.634. The zero-order valence-corrected chi connectivity index (χ0v) is 15.6. The summed E-state index contributed by atoms with van der Waals surface area (Å²) in [7, 11) is 1.58. The molecular weight excluding hydrogens is 363 g/mol. The van der Waals surface area contributed by atoms with Gasteiger partial charge in [-0.3, -0.25) is 9.48 Å². The van der Waals surface area contributed by atoms with Crippen molar-refractivity contribution in [2.75, 3.05) is 20.2 Å². The molecule has 1 amide bonds. The Morgan fingerprint density at radius 3 is 2.80 bits per heavy atom. The number of amides is 1. The first-order chi connectivity index (χ1) is 11.7. The van der Waals surface area contributed by atoms with Crippen LogP contribution in [0.2, 0.25) is 5.02 Å². The quantitative estimate of drug-likeness (QED) is 0.829. The van der Waals surface area contributed by atoms with Crippen LogP contribution >= 0.6 is 24.0 Å². The van der Waals surface area contributed by atoms with Crippen molar-refractivity contribution in [2.24, 2.45) is 0 Å². The lowest BCUT2D eigenvalue weighted by atomic mass is 9.87. The molecule has 1 aromatic carbocycles. The number of aromatic nitrogens is 2. The lowest BCUT2D eigenvalue weighted by molar-refractivity contribution is -0.132. The van der Waals surface area contributed by atoms with Crippen molar-refractivity contribution in [3.8, 4) is 5.75 Å². The summed E-state index contributed by atoms with van der Waals surface area (Å²) in [6, 6.07) is 7.36. The van der Waals surface area contributed by atoms with Crippen molar-refractivity contribution in [1.29, 1.82) is 0 Å². The van der Waals surface area contributed by atoms with Crippen molar-refractivity contribution in [3.63, 3.8) is 0 Å². The van der Waals surface area contributed by atoms with Gasteiger partial charge in [-0.05, 0) is 49.7 Å². The molecule has 1 aromatic heterocycles. The first kappa shape index (κ1) is 19.6. The maximum absolute atomic E-state index is 12.9. The number of ether oxygens (including phenoxy) is 1. The summed E-state index contributed by atoms with van der Waals surface area (Å²) in [5.74, 6) is 0.609. The van der Waals surface area contributed by atoms with E-state index in [1.807, 2.05) is 24.4 Å². The molecule has 6 nitrogen and oxygen atoms in total. The van der Waals surface area contributed by atoms with Gasteiger partial charge in [-0.25, -0.2) is 0 Å². The summed E-state index contributed by atoms with van der Waals surface area (Å²) in [5, 5.41) is 11.2. The lowest BCUT2D eigenvalue weighted by Gasteiger charge is -2.36. The van der Waals surface area contributed by atoms with E-state index in [1.54, 1.807) is 24.1 Å². The Bertz CT molecular complexity index is 701. The first-order valence-corrected chi connectivity index (χ1v) is 8.35. The summed E-state index contributed by atoms with van der Waals surface area (Å²) in [6.07, 6.45) is 4.99. The third-order valence-corrected chi connectivity index (χ3v) is 4.76. The van der Waals surface area contributed by atoms with Gasteiger partial charge in [0.2, 0.25) is 5.91 Å². The van der Waals surface area contributed by atoms with Crippen LogP contribution in [0.15, 0.2) is 36.7 Å². The van der Waals surface area contributed by atoms with Gasteiger partial charge in [-0.1, -0.05) is 17.7 Å². The van der Waals surface area contributed by atoms with Gasteiger partial charge in [0.15, 0.2) is 0 Å². The van der Waals surface area contributed by atoms with Crippen LogP contribution in [0.5, 0.6) is 5.75 Å². The molecule has 1 fully saturated rings. The molecule has 0 saturated carbocycles. The van der Waals surface area contributed by atoms with Gasteiger partial charge in [0.1, 0.15) is 11.3 Å². The van der Waals surface area contributed by atoms with E-state index in [1.165, 1.54) is 0 Å². The van der Waals surface area contributed by atoms with Crippen molar-refractivity contribution in [3.05, 3.63) is 47.2 Å². The second-order valence-electron chi connectivity index (χ2n) is 5.88. The van der Waals surface area contributed by atoms with Crippen LogP contribution < -0.4 is 15.4 Å². The van der Waals surface area contributed by atoms with E-state index in [0.29, 0.717) is 30.2 Å². The van der Waals surface area contributed by atoms with Gasteiger partial charge in [-0.15, -0.1) is 12.4 Å². The Balaban J connectivity index is 0.00000225. The highest BCUT2D eigenvalue weighted by Crippen LogP contribution is 2.28. The molecule has 2 N–H and O–H groups in total. The SMILES string of the molecule is COc1ccc(CNC(=O)C2(n3cccn3)CCNCC2)cc1Cl.Cl. The largest absolute Gasteiger partial charge is 0.495 e. The van der Waals surface area contributed by atoms with Gasteiger partial charge >= 0.3 is 0 Å². The third kappa shape index (κ3) is 4.08. The summed E-state index contributed by atoms with van der Waals surface area (Å²) in [6.45, 7) is 2.00. The molecule has 0 bridgehead atoms. The molecule has 0 radical (unpaired) electrons. The van der Waals surface area contributed by atoms with Gasteiger partial charge in [0.25, 0.3) is 0 Å². The summed E-state index contributed by atoms with van der Waals surface area (Å²) in [4.78, 5) is 12.9. The van der Waals surface area contributed by atoms with Crippen molar-refractivity contribution >= 4 is 29.9 Å². The minimum absolute atomic E-state index is 0. The highest BCUT2D eigenvalue weighted by molar-refractivity contribution is 6.32. The number of nitrogens with zero attached hydrogens (tertiary/aromatic N) is 2. The van der Waals surface area contributed by atoms with Crippen molar-refractivity contribution < 1.29 is 9.53 Å². The van der Waals surface area contributed by atoms with Crippen LogP contribution in [0, 0.1) is 0 Å². The highest BCUT2D eigenvalue weighted by Gasteiger charge is 2.41. The predicted octanol–water partition coefficient (Wildman–Crippen LogP) is 2.36. The number of halogens is 2. The van der Waals surface area contributed by atoms with Crippen LogP contribution in [0.4, 0.5) is 0 Å². The summed E-state index contributed by atoms with van der Waals surface area (Å²) in [5.41, 5.74) is 0.295. The Morgan fingerprint density at radius 2 is 2.20 bits per heavy atom. The maximum atomic E-state index is 12.9. The monoisotopic (exact) mass is 384 g/mol. The average molecular weight is 385 g/mol. The number of rotatable bonds is 5. The molecule has 0 unspecified atom stereocenters. The third-order valence-electron chi connectivity index (χ3n) is 4.47. The van der Waals surface area contributed by atoms with E-state index in [2.05, 4.69) is 15.7 Å². The number of hydrogen-bond donors (Lipinski definition) is 2. The van der Waals surface area contributed by atoms with Crippen molar-refractivity contribution in [1.82, 2.24) is 20.4 Å². The van der Waals surface area contributed by atoms with Crippen LogP contribution in [0.1, 0.15) is 18.4 Å². The maximum Gasteiger partial charge on any atom is 0.248 e. The molecule has 0 aliphatic carbocycles. The number of nitrogens with one attached hydrogen (secondary N) is 2. The van der Waals surface area contributed by atoms with Crippen LogP contribution in [0.25, 0.3) is 0 Å². The number of carbonyl (C=O) groups excluding carboxylic acids is 1. The van der Waals surface area contributed by atoms with E-state index in [-0.39, 0.29) is 18.3 Å². The second-order valence-corrected chi connectivity index (χ2v) is 6.29. The number of benzene rings is 1. The number of hydrogen-bond acceptors (Lipinski definition) is 4. The van der Waals surface area contributed by atoms with E-state index in [0.717, 1.165) is 18.7 Å². The smallest absolute Gasteiger partial charge is 0.248 e. The summed E-state index contributed by atoms with van der Waals surface area (Å²) < 4.78 is 6.93. The van der Waals surface area contributed by atoms with Crippen LogP contribution in [0.3, 0.4) is 0 Å². The van der Waals surface area contributed by atoms with E-state index >= 15 is 0 Å². The number of carbonyl (C=O) groups is 1. The molecule has 0 atom stereocenters. The minimum Gasteiger partial charge on any atom is -0.495 e. The van der Waals surface area contributed by atoms with Gasteiger partial charge < -0.3 is 15.4 Å². The highest BCUT2D eigenvalue weighted by atomic mass is 35.5. The van der Waals surface area contributed by atoms with Gasteiger partial charge in [0.05, 0.1) is 12.1 Å². The molecule has 136 valence electrons. The fraction of sp³-hybridized carbons (Fsp3) is 0.412. The molecule has 1 saturated heterocycles. The van der Waals surface area contributed by atoms with Gasteiger partial charge in [0, 0.05) is 18.9 Å². The Morgan fingerprint density at radius 1 is 1.44 bits per heavy atom. The fourth-order valence-corrected chi connectivity index (χ4v) is 3.37.